The molecule has 1 rings (SSSR count). The van der Waals surface area contributed by atoms with Gasteiger partial charge in [0.25, 0.3) is 0 Å². The van der Waals surface area contributed by atoms with Crippen LogP contribution in [-0.4, -0.2) is 15.7 Å². The van der Waals surface area contributed by atoms with E-state index in [9.17, 15) is 0 Å². The summed E-state index contributed by atoms with van der Waals surface area (Å²) < 4.78 is 0. The number of aromatic nitrogens is 2. The number of nitrogens with zero attached hydrogens (tertiary/aromatic N) is 2. The summed E-state index contributed by atoms with van der Waals surface area (Å²) in [5.74, 6) is 1.99. The van der Waals surface area contributed by atoms with Crippen molar-refractivity contribution in [2.24, 2.45) is 11.1 Å². The summed E-state index contributed by atoms with van der Waals surface area (Å²) in [4.78, 5) is 8.70. The highest BCUT2D eigenvalue weighted by atomic mass is 32.2. The third-order valence-corrected chi connectivity index (χ3v) is 2.87. The molecule has 0 aliphatic heterocycles. The molecule has 1 aromatic heterocycles. The van der Waals surface area contributed by atoms with Crippen molar-refractivity contribution in [1.29, 1.82) is 0 Å². The highest BCUT2D eigenvalue weighted by Gasteiger charge is 2.14. The largest absolute Gasteiger partial charge is 0.278 e. The average molecular weight is 255 g/mol. The average Bonchev–Trinajstić information content (AvgIpc) is 2.31. The summed E-state index contributed by atoms with van der Waals surface area (Å²) in [5, 5.41) is 5.54. The van der Waals surface area contributed by atoms with Gasteiger partial charge in [0.2, 0.25) is 0 Å². The summed E-state index contributed by atoms with van der Waals surface area (Å²) in [6, 6.07) is 0. The lowest BCUT2D eigenvalue weighted by Crippen LogP contribution is -2.09. The van der Waals surface area contributed by atoms with Gasteiger partial charge in [-0.1, -0.05) is 39.6 Å². The first-order valence-electron chi connectivity index (χ1n) is 6.23. The van der Waals surface area contributed by atoms with E-state index >= 15 is 0 Å². The Morgan fingerprint density at radius 3 is 2.29 bits per heavy atom. The highest BCUT2D eigenvalue weighted by molar-refractivity contribution is 7.97. The minimum absolute atomic E-state index is 0.424. The Morgan fingerprint density at radius 2 is 1.88 bits per heavy atom. The molecule has 0 saturated heterocycles. The first kappa shape index (κ1) is 16.4. The summed E-state index contributed by atoms with van der Waals surface area (Å²) in [6.45, 7) is 10.4. The lowest BCUT2D eigenvalue weighted by Gasteiger charge is -2.16. The molecular formula is C13H25N3S. The molecule has 1 aromatic rings. The van der Waals surface area contributed by atoms with Crippen LogP contribution in [0.1, 0.15) is 51.4 Å². The minimum atomic E-state index is 0.424. The second-order valence-corrected chi connectivity index (χ2v) is 4.91. The fraction of sp³-hybridized carbons (Fsp3) is 0.692. The van der Waals surface area contributed by atoms with E-state index in [0.29, 0.717) is 11.8 Å². The van der Waals surface area contributed by atoms with Gasteiger partial charge in [0.15, 0.2) is 0 Å². The van der Waals surface area contributed by atoms with E-state index in [4.69, 9.17) is 5.14 Å². The standard InChI is InChI=1S/C11H19N3S.C2H6/c1-8(2)4-10(7-15-12)11-6-13-9(3)5-14-11;1-2/h5-6,8,10H,4,7,12H2,1-3H3;1-2H3. The van der Waals surface area contributed by atoms with Crippen LogP contribution < -0.4 is 5.14 Å². The van der Waals surface area contributed by atoms with Crippen LogP contribution in [-0.2, 0) is 0 Å². The molecular weight excluding hydrogens is 230 g/mol. The summed E-state index contributed by atoms with van der Waals surface area (Å²) in [5.41, 5.74) is 2.02. The second-order valence-electron chi connectivity index (χ2n) is 4.24. The van der Waals surface area contributed by atoms with E-state index in [1.807, 2.05) is 33.2 Å². The zero-order chi connectivity index (χ0) is 13.3. The first-order chi connectivity index (χ1) is 8.13. The van der Waals surface area contributed by atoms with E-state index in [2.05, 4.69) is 23.8 Å². The maximum atomic E-state index is 5.54. The molecule has 0 bridgehead atoms. The Morgan fingerprint density at radius 1 is 1.24 bits per heavy atom. The van der Waals surface area contributed by atoms with E-state index < -0.39 is 0 Å². The molecule has 98 valence electrons. The molecule has 0 saturated carbocycles. The molecule has 1 atom stereocenters. The van der Waals surface area contributed by atoms with Crippen molar-refractivity contribution in [2.45, 2.75) is 47.0 Å². The maximum Gasteiger partial charge on any atom is 0.0626 e. The van der Waals surface area contributed by atoms with Crippen molar-refractivity contribution in [1.82, 2.24) is 9.97 Å². The molecule has 0 spiro atoms. The van der Waals surface area contributed by atoms with Crippen LogP contribution >= 0.6 is 11.9 Å². The predicted molar refractivity (Wildman–Crippen MR) is 77.0 cm³/mol. The van der Waals surface area contributed by atoms with E-state index in [-0.39, 0.29) is 0 Å². The zero-order valence-corrected chi connectivity index (χ0v) is 12.4. The van der Waals surface area contributed by atoms with Crippen LogP contribution in [0.4, 0.5) is 0 Å². The molecule has 0 radical (unpaired) electrons. The Bertz CT molecular complexity index is 285. The molecule has 3 nitrogen and oxygen atoms in total. The Hall–Kier alpha value is -0.610. The fourth-order valence-electron chi connectivity index (χ4n) is 1.57. The van der Waals surface area contributed by atoms with Gasteiger partial charge in [-0.2, -0.15) is 0 Å². The molecule has 0 amide bonds. The van der Waals surface area contributed by atoms with Gasteiger partial charge in [0.1, 0.15) is 0 Å². The van der Waals surface area contributed by atoms with Crippen LogP contribution in [0.25, 0.3) is 0 Å². The Balaban J connectivity index is 0.00000121. The van der Waals surface area contributed by atoms with Gasteiger partial charge in [-0.15, -0.1) is 0 Å². The van der Waals surface area contributed by atoms with Crippen LogP contribution in [0, 0.1) is 12.8 Å². The van der Waals surface area contributed by atoms with Gasteiger partial charge in [0.05, 0.1) is 11.4 Å². The Kier molecular flexibility index (Phi) is 9.09. The van der Waals surface area contributed by atoms with Crippen LogP contribution in [0.2, 0.25) is 0 Å². The molecule has 1 heterocycles. The molecule has 0 aliphatic rings. The molecule has 1 unspecified atom stereocenters. The monoisotopic (exact) mass is 255 g/mol. The van der Waals surface area contributed by atoms with Gasteiger partial charge in [-0.3, -0.25) is 15.1 Å². The van der Waals surface area contributed by atoms with Gasteiger partial charge in [0, 0.05) is 24.1 Å². The summed E-state index contributed by atoms with van der Waals surface area (Å²) in [6.07, 6.45) is 4.81. The number of aryl methyl sites for hydroxylation is 1. The Labute approximate surface area is 110 Å². The summed E-state index contributed by atoms with van der Waals surface area (Å²) in [7, 11) is 0. The SMILES string of the molecule is CC.Cc1cnc(C(CSN)CC(C)C)cn1. The zero-order valence-electron chi connectivity index (χ0n) is 11.6. The number of hydrogen-bond acceptors (Lipinski definition) is 4. The topological polar surface area (TPSA) is 51.8 Å². The fourth-order valence-corrected chi connectivity index (χ4v) is 2.11. The van der Waals surface area contributed by atoms with Crippen molar-refractivity contribution in [3.8, 4) is 0 Å². The van der Waals surface area contributed by atoms with Gasteiger partial charge >= 0.3 is 0 Å². The molecule has 4 heteroatoms. The maximum absolute atomic E-state index is 5.54. The predicted octanol–water partition coefficient (Wildman–Crippen LogP) is 3.55. The lowest BCUT2D eigenvalue weighted by atomic mass is 9.96. The number of hydrogen-bond donors (Lipinski definition) is 1. The quantitative estimate of drug-likeness (QED) is 0.818. The van der Waals surface area contributed by atoms with Crippen molar-refractivity contribution in [3.63, 3.8) is 0 Å². The molecule has 0 fully saturated rings. The minimum Gasteiger partial charge on any atom is -0.278 e. The highest BCUT2D eigenvalue weighted by Crippen LogP contribution is 2.24. The van der Waals surface area contributed by atoms with Gasteiger partial charge in [-0.05, 0) is 19.3 Å². The van der Waals surface area contributed by atoms with Crippen LogP contribution in [0.15, 0.2) is 12.4 Å². The number of rotatable bonds is 5. The van der Waals surface area contributed by atoms with Gasteiger partial charge < -0.3 is 0 Å². The third kappa shape index (κ3) is 6.64. The van der Waals surface area contributed by atoms with Crippen molar-refractivity contribution in [3.05, 3.63) is 23.8 Å². The second kappa shape index (κ2) is 9.42. The summed E-state index contributed by atoms with van der Waals surface area (Å²) >= 11 is 1.38. The molecule has 17 heavy (non-hydrogen) atoms. The van der Waals surface area contributed by atoms with Crippen molar-refractivity contribution in [2.75, 3.05) is 5.75 Å². The van der Waals surface area contributed by atoms with E-state index in [1.165, 1.54) is 11.9 Å². The number of nitrogens with two attached hydrogens (primary N) is 1. The first-order valence-corrected chi connectivity index (χ1v) is 7.28. The van der Waals surface area contributed by atoms with Gasteiger partial charge in [-0.25, -0.2) is 0 Å². The van der Waals surface area contributed by atoms with E-state index in [1.54, 1.807) is 0 Å². The smallest absolute Gasteiger partial charge is 0.0626 e. The molecule has 0 aromatic carbocycles. The third-order valence-electron chi connectivity index (χ3n) is 2.27. The lowest BCUT2D eigenvalue weighted by molar-refractivity contribution is 0.519. The molecule has 2 N–H and O–H groups in total. The van der Waals surface area contributed by atoms with Crippen molar-refractivity contribution < 1.29 is 0 Å². The normalized spacial score (nSPS) is 11.9. The van der Waals surface area contributed by atoms with Crippen LogP contribution in [0.3, 0.4) is 0 Å². The van der Waals surface area contributed by atoms with Crippen LogP contribution in [0.5, 0.6) is 0 Å². The van der Waals surface area contributed by atoms with Crippen molar-refractivity contribution >= 4 is 11.9 Å². The molecule has 0 aliphatic carbocycles. The van der Waals surface area contributed by atoms with E-state index in [0.717, 1.165) is 23.6 Å².